The smallest absolute Gasteiger partial charge is 0.145 e. The summed E-state index contributed by atoms with van der Waals surface area (Å²) < 4.78 is 0. The Balaban J connectivity index is 2.10. The Morgan fingerprint density at radius 2 is 1.85 bits per heavy atom. The summed E-state index contributed by atoms with van der Waals surface area (Å²) in [5, 5.41) is 0.825. The van der Waals surface area contributed by atoms with Crippen LogP contribution in [-0.2, 0) is 6.54 Å². The van der Waals surface area contributed by atoms with Crippen molar-refractivity contribution in [1.29, 1.82) is 0 Å². The van der Waals surface area contributed by atoms with Crippen molar-refractivity contribution >= 4 is 23.2 Å². The van der Waals surface area contributed by atoms with E-state index in [0.717, 1.165) is 19.6 Å². The third kappa shape index (κ3) is 2.30. The van der Waals surface area contributed by atoms with E-state index in [1.807, 2.05) is 0 Å². The molecule has 3 nitrogen and oxygen atoms in total. The van der Waals surface area contributed by atoms with Gasteiger partial charge in [0.15, 0.2) is 0 Å². The largest absolute Gasteiger partial charge is 0.296 e. The Bertz CT molecular complexity index is 292. The number of halogens is 2. The van der Waals surface area contributed by atoms with Gasteiger partial charge in [-0.1, -0.05) is 23.2 Å². The molecular formula is C8H9Cl2N3. The van der Waals surface area contributed by atoms with Gasteiger partial charge >= 0.3 is 0 Å². The summed E-state index contributed by atoms with van der Waals surface area (Å²) in [5.74, 6) is 0.706. The van der Waals surface area contributed by atoms with Gasteiger partial charge in [0, 0.05) is 6.07 Å². The van der Waals surface area contributed by atoms with Crippen LogP contribution in [0.5, 0.6) is 0 Å². The SMILES string of the molecule is Clc1cc(Cl)nc(CN2CCC2)n1. The molecule has 0 saturated carbocycles. The van der Waals surface area contributed by atoms with E-state index in [-0.39, 0.29) is 0 Å². The van der Waals surface area contributed by atoms with Crippen LogP contribution in [0, 0.1) is 0 Å². The summed E-state index contributed by atoms with van der Waals surface area (Å²) >= 11 is 11.5. The molecule has 0 unspecified atom stereocenters. The predicted molar refractivity (Wildman–Crippen MR) is 51.9 cm³/mol. The van der Waals surface area contributed by atoms with E-state index in [4.69, 9.17) is 23.2 Å². The lowest BCUT2D eigenvalue weighted by Gasteiger charge is -2.29. The Morgan fingerprint density at radius 3 is 2.31 bits per heavy atom. The van der Waals surface area contributed by atoms with E-state index in [1.54, 1.807) is 6.07 Å². The molecule has 2 heterocycles. The average molecular weight is 218 g/mol. The van der Waals surface area contributed by atoms with E-state index in [2.05, 4.69) is 14.9 Å². The first-order chi connectivity index (χ1) is 6.24. The van der Waals surface area contributed by atoms with Crippen LogP contribution in [-0.4, -0.2) is 28.0 Å². The zero-order chi connectivity index (χ0) is 9.26. The fourth-order valence-corrected chi connectivity index (χ4v) is 1.70. The second kappa shape index (κ2) is 3.78. The highest BCUT2D eigenvalue weighted by atomic mass is 35.5. The average Bonchev–Trinajstić information content (AvgIpc) is 1.95. The summed E-state index contributed by atoms with van der Waals surface area (Å²) in [6.45, 7) is 2.99. The van der Waals surface area contributed by atoms with Crippen molar-refractivity contribution in [1.82, 2.24) is 14.9 Å². The number of nitrogens with zero attached hydrogens (tertiary/aromatic N) is 3. The summed E-state index contributed by atoms with van der Waals surface area (Å²) in [6.07, 6.45) is 1.26. The predicted octanol–water partition coefficient (Wildman–Crippen LogP) is 1.99. The first-order valence-electron chi connectivity index (χ1n) is 4.15. The summed E-state index contributed by atoms with van der Waals surface area (Å²) in [7, 11) is 0. The maximum Gasteiger partial charge on any atom is 0.145 e. The number of rotatable bonds is 2. The normalized spacial score (nSPS) is 17.1. The monoisotopic (exact) mass is 217 g/mol. The molecule has 1 fully saturated rings. The molecule has 13 heavy (non-hydrogen) atoms. The van der Waals surface area contributed by atoms with Crippen LogP contribution in [0.2, 0.25) is 10.3 Å². The Hall–Kier alpha value is -0.380. The molecule has 0 spiro atoms. The van der Waals surface area contributed by atoms with Gasteiger partial charge in [0.2, 0.25) is 0 Å². The van der Waals surface area contributed by atoms with Crippen LogP contribution in [0.3, 0.4) is 0 Å². The van der Waals surface area contributed by atoms with E-state index < -0.39 is 0 Å². The van der Waals surface area contributed by atoms with Crippen molar-refractivity contribution in [3.8, 4) is 0 Å². The van der Waals surface area contributed by atoms with Crippen LogP contribution in [0.25, 0.3) is 0 Å². The molecule has 5 heteroatoms. The fourth-order valence-electron chi connectivity index (χ4n) is 1.24. The fraction of sp³-hybridized carbons (Fsp3) is 0.500. The van der Waals surface area contributed by atoms with Crippen LogP contribution >= 0.6 is 23.2 Å². The number of aromatic nitrogens is 2. The van der Waals surface area contributed by atoms with Gasteiger partial charge in [0.1, 0.15) is 16.1 Å². The summed E-state index contributed by atoms with van der Waals surface area (Å²) in [4.78, 5) is 10.4. The number of hydrogen-bond donors (Lipinski definition) is 0. The molecule has 1 aliphatic rings. The van der Waals surface area contributed by atoms with E-state index in [9.17, 15) is 0 Å². The highest BCUT2D eigenvalue weighted by Gasteiger charge is 2.15. The van der Waals surface area contributed by atoms with Crippen LogP contribution < -0.4 is 0 Å². The van der Waals surface area contributed by atoms with E-state index in [1.165, 1.54) is 6.42 Å². The van der Waals surface area contributed by atoms with Gasteiger partial charge in [0.05, 0.1) is 6.54 Å². The lowest BCUT2D eigenvalue weighted by atomic mass is 10.2. The third-order valence-corrected chi connectivity index (χ3v) is 2.41. The molecule has 0 aromatic carbocycles. The maximum atomic E-state index is 5.74. The molecule has 0 radical (unpaired) electrons. The third-order valence-electron chi connectivity index (χ3n) is 2.02. The van der Waals surface area contributed by atoms with Crippen molar-refractivity contribution < 1.29 is 0 Å². The molecule has 1 saturated heterocycles. The van der Waals surface area contributed by atoms with Gasteiger partial charge in [-0.15, -0.1) is 0 Å². The Kier molecular flexibility index (Phi) is 2.67. The molecule has 1 aliphatic heterocycles. The molecule has 0 aliphatic carbocycles. The van der Waals surface area contributed by atoms with Crippen molar-refractivity contribution in [2.45, 2.75) is 13.0 Å². The number of likely N-dealkylation sites (tertiary alicyclic amines) is 1. The molecule has 2 rings (SSSR count). The summed E-state index contributed by atoms with van der Waals surface area (Å²) in [6, 6.07) is 1.54. The molecule has 0 bridgehead atoms. The quantitative estimate of drug-likeness (QED) is 0.710. The lowest BCUT2D eigenvalue weighted by molar-refractivity contribution is 0.168. The Labute approximate surface area is 86.7 Å². The topological polar surface area (TPSA) is 29.0 Å². The van der Waals surface area contributed by atoms with Gasteiger partial charge < -0.3 is 0 Å². The summed E-state index contributed by atoms with van der Waals surface area (Å²) in [5.41, 5.74) is 0. The maximum absolute atomic E-state index is 5.74. The zero-order valence-electron chi connectivity index (χ0n) is 7.00. The Morgan fingerprint density at radius 1 is 1.23 bits per heavy atom. The van der Waals surface area contributed by atoms with E-state index in [0.29, 0.717) is 16.1 Å². The molecule has 1 aromatic rings. The molecule has 1 aromatic heterocycles. The van der Waals surface area contributed by atoms with Gasteiger partial charge in [0.25, 0.3) is 0 Å². The molecule has 0 atom stereocenters. The van der Waals surface area contributed by atoms with Crippen molar-refractivity contribution in [2.75, 3.05) is 13.1 Å². The van der Waals surface area contributed by atoms with Crippen molar-refractivity contribution in [3.63, 3.8) is 0 Å². The van der Waals surface area contributed by atoms with Gasteiger partial charge in [-0.2, -0.15) is 0 Å². The minimum absolute atomic E-state index is 0.413. The molecule has 0 N–H and O–H groups in total. The molecule has 70 valence electrons. The lowest BCUT2D eigenvalue weighted by Crippen LogP contribution is -2.36. The molecular weight excluding hydrogens is 209 g/mol. The van der Waals surface area contributed by atoms with Crippen LogP contribution in [0.15, 0.2) is 6.07 Å². The second-order valence-electron chi connectivity index (χ2n) is 3.06. The van der Waals surface area contributed by atoms with Crippen molar-refractivity contribution in [2.24, 2.45) is 0 Å². The highest BCUT2D eigenvalue weighted by molar-refractivity contribution is 6.33. The minimum Gasteiger partial charge on any atom is -0.296 e. The second-order valence-corrected chi connectivity index (χ2v) is 3.83. The first-order valence-corrected chi connectivity index (χ1v) is 4.91. The van der Waals surface area contributed by atoms with Crippen molar-refractivity contribution in [3.05, 3.63) is 22.2 Å². The standard InChI is InChI=1S/C8H9Cl2N3/c9-6-4-7(10)12-8(11-6)5-13-2-1-3-13/h4H,1-3,5H2. The molecule has 0 amide bonds. The van der Waals surface area contributed by atoms with E-state index >= 15 is 0 Å². The van der Waals surface area contributed by atoms with Gasteiger partial charge in [-0.3, -0.25) is 4.90 Å². The van der Waals surface area contributed by atoms with Gasteiger partial charge in [-0.25, -0.2) is 9.97 Å². The van der Waals surface area contributed by atoms with Crippen LogP contribution in [0.4, 0.5) is 0 Å². The van der Waals surface area contributed by atoms with Gasteiger partial charge in [-0.05, 0) is 19.5 Å². The first kappa shape index (κ1) is 9.19. The number of hydrogen-bond acceptors (Lipinski definition) is 3. The minimum atomic E-state index is 0.413. The van der Waals surface area contributed by atoms with Crippen LogP contribution in [0.1, 0.15) is 12.2 Å². The highest BCUT2D eigenvalue weighted by Crippen LogP contribution is 2.14. The zero-order valence-corrected chi connectivity index (χ0v) is 8.52.